The van der Waals surface area contributed by atoms with Crippen LogP contribution in [0.5, 0.6) is 5.75 Å². The Morgan fingerprint density at radius 3 is 2.65 bits per heavy atom. The smallest absolute Gasteiger partial charge is 0.247 e. The first-order valence-electron chi connectivity index (χ1n) is 7.92. The molecule has 2 aromatic carbocycles. The zero-order valence-electron chi connectivity index (χ0n) is 13.5. The molecule has 132 valence electrons. The minimum Gasteiger partial charge on any atom is -0.491 e. The molecule has 0 atom stereocenters. The predicted octanol–water partition coefficient (Wildman–Crippen LogP) is 4.36. The average molecular weight is 390 g/mol. The molecular weight excluding hydrogens is 377 g/mol. The quantitative estimate of drug-likeness (QED) is 0.665. The number of fused-ring (bicyclic) bond motifs is 1. The van der Waals surface area contributed by atoms with Crippen molar-refractivity contribution >= 4 is 34.8 Å². The third-order valence-corrected chi connectivity index (χ3v) is 4.61. The Hall–Kier alpha value is -2.57. The fourth-order valence-corrected chi connectivity index (χ4v) is 3.33. The number of carbonyl (C=O) groups excluding carboxylic acids is 1. The van der Waals surface area contributed by atoms with E-state index in [2.05, 4.69) is 10.1 Å². The Kier molecular flexibility index (Phi) is 4.53. The molecule has 0 aliphatic carbocycles. The largest absolute Gasteiger partial charge is 0.491 e. The van der Waals surface area contributed by atoms with Gasteiger partial charge in [-0.05, 0) is 24.3 Å². The van der Waals surface area contributed by atoms with Gasteiger partial charge in [-0.25, -0.2) is 0 Å². The Bertz CT molecular complexity index is 954. The molecule has 1 aliphatic heterocycles. The van der Waals surface area contributed by atoms with Gasteiger partial charge < -0.3 is 9.26 Å². The van der Waals surface area contributed by atoms with Gasteiger partial charge in [0.25, 0.3) is 0 Å². The van der Waals surface area contributed by atoms with E-state index in [4.69, 9.17) is 32.5 Å². The molecule has 1 aromatic heterocycles. The van der Waals surface area contributed by atoms with Crippen LogP contribution in [0.3, 0.4) is 0 Å². The number of halogens is 2. The number of nitrogens with zero attached hydrogens (tertiary/aromatic N) is 3. The fraction of sp³-hybridized carbons (Fsp3) is 0.167. The lowest BCUT2D eigenvalue weighted by Gasteiger charge is -2.19. The van der Waals surface area contributed by atoms with E-state index in [-0.39, 0.29) is 30.6 Å². The van der Waals surface area contributed by atoms with Crippen molar-refractivity contribution in [1.82, 2.24) is 10.1 Å². The van der Waals surface area contributed by atoms with Crippen LogP contribution in [0.2, 0.25) is 10.0 Å². The van der Waals surface area contributed by atoms with Crippen LogP contribution in [0.1, 0.15) is 12.3 Å². The highest BCUT2D eigenvalue weighted by Crippen LogP contribution is 2.34. The number of aromatic nitrogens is 2. The summed E-state index contributed by atoms with van der Waals surface area (Å²) >= 11 is 12.4. The van der Waals surface area contributed by atoms with Crippen molar-refractivity contribution in [3.63, 3.8) is 0 Å². The molecule has 1 amide bonds. The molecule has 2 heterocycles. The highest BCUT2D eigenvalue weighted by molar-refractivity contribution is 6.38. The molecule has 3 aromatic rings. The van der Waals surface area contributed by atoms with Crippen LogP contribution < -0.4 is 9.64 Å². The van der Waals surface area contributed by atoms with Crippen molar-refractivity contribution in [2.75, 3.05) is 11.5 Å². The summed E-state index contributed by atoms with van der Waals surface area (Å²) < 4.78 is 11.0. The zero-order valence-corrected chi connectivity index (χ0v) is 15.0. The lowest BCUT2D eigenvalue weighted by molar-refractivity contribution is -0.119. The monoisotopic (exact) mass is 389 g/mol. The van der Waals surface area contributed by atoms with Crippen LogP contribution in [0.15, 0.2) is 47.0 Å². The van der Waals surface area contributed by atoms with Gasteiger partial charge in [-0.3, -0.25) is 9.69 Å². The van der Waals surface area contributed by atoms with E-state index < -0.39 is 0 Å². The Balaban J connectivity index is 1.66. The molecule has 8 heteroatoms. The number of anilines is 1. The van der Waals surface area contributed by atoms with Crippen molar-refractivity contribution in [2.24, 2.45) is 0 Å². The molecule has 0 fully saturated rings. The van der Waals surface area contributed by atoms with E-state index in [1.807, 2.05) is 24.3 Å². The van der Waals surface area contributed by atoms with Crippen molar-refractivity contribution in [3.8, 4) is 17.1 Å². The second-order valence-corrected chi connectivity index (χ2v) is 6.47. The molecule has 1 aliphatic rings. The normalized spacial score (nSPS) is 13.9. The number of benzene rings is 2. The highest BCUT2D eigenvalue weighted by Gasteiger charge is 2.25. The van der Waals surface area contributed by atoms with Crippen molar-refractivity contribution < 1.29 is 14.1 Å². The second kappa shape index (κ2) is 6.97. The van der Waals surface area contributed by atoms with E-state index in [1.54, 1.807) is 23.1 Å². The Labute approximate surface area is 159 Å². The maximum Gasteiger partial charge on any atom is 0.247 e. The number of hydrogen-bond acceptors (Lipinski definition) is 5. The molecule has 6 nitrogen and oxygen atoms in total. The molecule has 0 N–H and O–H groups in total. The van der Waals surface area contributed by atoms with Crippen LogP contribution >= 0.6 is 23.2 Å². The number of hydrogen-bond donors (Lipinski definition) is 0. The van der Waals surface area contributed by atoms with E-state index in [0.717, 1.165) is 0 Å². The zero-order chi connectivity index (χ0) is 18.1. The molecule has 0 radical (unpaired) electrons. The fourth-order valence-electron chi connectivity index (χ4n) is 2.76. The number of carbonyl (C=O) groups is 1. The van der Waals surface area contributed by atoms with Gasteiger partial charge in [0, 0.05) is 0 Å². The van der Waals surface area contributed by atoms with E-state index in [1.165, 1.54) is 0 Å². The second-order valence-electron chi connectivity index (χ2n) is 5.65. The van der Waals surface area contributed by atoms with Crippen molar-refractivity contribution in [3.05, 3.63) is 58.4 Å². The first kappa shape index (κ1) is 16.9. The van der Waals surface area contributed by atoms with E-state index >= 15 is 0 Å². The van der Waals surface area contributed by atoms with Crippen LogP contribution in [-0.4, -0.2) is 22.7 Å². The molecule has 0 saturated carbocycles. The third kappa shape index (κ3) is 3.13. The van der Waals surface area contributed by atoms with Crippen LogP contribution in [0.25, 0.3) is 11.4 Å². The van der Waals surface area contributed by atoms with E-state index in [0.29, 0.717) is 33.7 Å². The molecule has 4 rings (SSSR count). The molecule has 0 unspecified atom stereocenters. The van der Waals surface area contributed by atoms with Gasteiger partial charge in [-0.2, -0.15) is 4.98 Å². The van der Waals surface area contributed by atoms with E-state index in [9.17, 15) is 4.79 Å². The lowest BCUT2D eigenvalue weighted by atomic mass is 10.2. The standard InChI is InChI=1S/C18H13Cl2N3O3/c19-11-4-3-5-12(20)17(11)18-21-15(26-22-18)10-23-13-6-1-2-7-14(13)25-9-8-16(23)24/h1-7H,8-10H2. The highest BCUT2D eigenvalue weighted by atomic mass is 35.5. The maximum absolute atomic E-state index is 12.5. The lowest BCUT2D eigenvalue weighted by Crippen LogP contribution is -2.29. The van der Waals surface area contributed by atoms with Gasteiger partial charge >= 0.3 is 0 Å². The third-order valence-electron chi connectivity index (χ3n) is 3.98. The molecule has 0 bridgehead atoms. The SMILES string of the molecule is O=C1CCOc2ccccc2N1Cc1nc(-c2c(Cl)cccc2Cl)no1. The van der Waals surface area contributed by atoms with Gasteiger partial charge in [0.15, 0.2) is 0 Å². The molecule has 26 heavy (non-hydrogen) atoms. The van der Waals surface area contributed by atoms with Gasteiger partial charge in [-0.15, -0.1) is 0 Å². The van der Waals surface area contributed by atoms with Gasteiger partial charge in [0.2, 0.25) is 17.6 Å². The number of ether oxygens (including phenoxy) is 1. The summed E-state index contributed by atoms with van der Waals surface area (Å²) in [5, 5.41) is 4.80. The minimum absolute atomic E-state index is 0.0783. The van der Waals surface area contributed by atoms with Crippen LogP contribution in [0, 0.1) is 0 Å². The summed E-state index contributed by atoms with van der Waals surface area (Å²) in [6.07, 6.45) is 0.270. The van der Waals surface area contributed by atoms with Crippen molar-refractivity contribution in [2.45, 2.75) is 13.0 Å². The van der Waals surface area contributed by atoms with Gasteiger partial charge in [-0.1, -0.05) is 46.6 Å². The average Bonchev–Trinajstić information content (AvgIpc) is 3.02. The predicted molar refractivity (Wildman–Crippen MR) is 97.5 cm³/mol. The summed E-state index contributed by atoms with van der Waals surface area (Å²) in [5.74, 6) is 1.13. The number of rotatable bonds is 3. The summed E-state index contributed by atoms with van der Waals surface area (Å²) in [4.78, 5) is 18.4. The number of para-hydroxylation sites is 2. The Morgan fingerprint density at radius 2 is 1.85 bits per heavy atom. The molecular formula is C18H13Cl2N3O3. The summed E-state index contributed by atoms with van der Waals surface area (Å²) in [7, 11) is 0. The minimum atomic E-state index is -0.0783. The van der Waals surface area contributed by atoms with Crippen molar-refractivity contribution in [1.29, 1.82) is 0 Å². The first-order valence-corrected chi connectivity index (χ1v) is 8.68. The summed E-state index contributed by atoms with van der Waals surface area (Å²) in [6, 6.07) is 12.5. The summed E-state index contributed by atoms with van der Waals surface area (Å²) in [6.45, 7) is 0.463. The van der Waals surface area contributed by atoms with Gasteiger partial charge in [0.05, 0.1) is 34.3 Å². The van der Waals surface area contributed by atoms with Crippen LogP contribution in [-0.2, 0) is 11.3 Å². The number of amides is 1. The molecule has 0 saturated heterocycles. The first-order chi connectivity index (χ1) is 12.6. The Morgan fingerprint density at radius 1 is 1.08 bits per heavy atom. The summed E-state index contributed by atoms with van der Waals surface area (Å²) in [5.41, 5.74) is 1.17. The topological polar surface area (TPSA) is 68.5 Å². The van der Waals surface area contributed by atoms with Crippen LogP contribution in [0.4, 0.5) is 5.69 Å². The van der Waals surface area contributed by atoms with Gasteiger partial charge in [0.1, 0.15) is 12.3 Å². The molecule has 0 spiro atoms. The maximum atomic E-state index is 12.5.